The first kappa shape index (κ1) is 16.2. The van der Waals surface area contributed by atoms with Crippen molar-refractivity contribution in [1.29, 1.82) is 0 Å². The monoisotopic (exact) mass is 332 g/mol. The van der Waals surface area contributed by atoms with Crippen LogP contribution in [0.1, 0.15) is 12.8 Å². The van der Waals surface area contributed by atoms with Gasteiger partial charge in [-0.25, -0.2) is 13.1 Å². The fourth-order valence-electron chi connectivity index (χ4n) is 2.22. The topological polar surface area (TPSA) is 98.5 Å². The lowest BCUT2D eigenvalue weighted by Crippen LogP contribution is -2.49. The Labute approximate surface area is 128 Å². The molecule has 6 nitrogen and oxygen atoms in total. The first-order chi connectivity index (χ1) is 9.86. The van der Waals surface area contributed by atoms with Crippen molar-refractivity contribution in [2.75, 3.05) is 19.8 Å². The van der Waals surface area contributed by atoms with E-state index in [0.717, 1.165) is 0 Å². The normalized spacial score (nSPS) is 18.3. The molecule has 0 bridgehead atoms. The highest BCUT2D eigenvalue weighted by Gasteiger charge is 2.39. The van der Waals surface area contributed by atoms with Gasteiger partial charge >= 0.3 is 0 Å². The Kier molecular flexibility index (Phi) is 4.88. The van der Waals surface area contributed by atoms with E-state index in [-0.39, 0.29) is 11.4 Å². The SMILES string of the molecule is NC(=O)C1(CNS(=O)(=O)c2cccc(Cl)c2)CCOCC1. The van der Waals surface area contributed by atoms with Gasteiger partial charge in [0.1, 0.15) is 0 Å². The summed E-state index contributed by atoms with van der Waals surface area (Å²) >= 11 is 5.79. The molecule has 1 aliphatic heterocycles. The number of hydrogen-bond donors (Lipinski definition) is 2. The molecule has 3 N–H and O–H groups in total. The molecule has 0 aliphatic carbocycles. The summed E-state index contributed by atoms with van der Waals surface area (Å²) in [7, 11) is -3.74. The number of carbonyl (C=O) groups excluding carboxylic acids is 1. The molecule has 0 saturated carbocycles. The third-order valence-corrected chi connectivity index (χ3v) is 5.31. The molecular formula is C13H17ClN2O4S. The minimum Gasteiger partial charge on any atom is -0.381 e. The molecule has 1 saturated heterocycles. The van der Waals surface area contributed by atoms with Gasteiger partial charge in [-0.15, -0.1) is 0 Å². The van der Waals surface area contributed by atoms with E-state index in [9.17, 15) is 13.2 Å². The largest absolute Gasteiger partial charge is 0.381 e. The van der Waals surface area contributed by atoms with Gasteiger partial charge in [0.2, 0.25) is 15.9 Å². The van der Waals surface area contributed by atoms with Crippen LogP contribution in [0.15, 0.2) is 29.2 Å². The highest BCUT2D eigenvalue weighted by molar-refractivity contribution is 7.89. The number of rotatable bonds is 5. The first-order valence-electron chi connectivity index (χ1n) is 6.49. The van der Waals surface area contributed by atoms with Gasteiger partial charge in [0.05, 0.1) is 10.3 Å². The van der Waals surface area contributed by atoms with Crippen molar-refractivity contribution in [2.24, 2.45) is 11.1 Å². The molecule has 1 aromatic rings. The molecule has 0 radical (unpaired) electrons. The number of sulfonamides is 1. The summed E-state index contributed by atoms with van der Waals surface area (Å²) in [4.78, 5) is 11.8. The minimum absolute atomic E-state index is 0.0411. The molecule has 0 aromatic heterocycles. The maximum atomic E-state index is 12.2. The summed E-state index contributed by atoms with van der Waals surface area (Å²) in [5.74, 6) is -0.514. The minimum atomic E-state index is -3.74. The Morgan fingerprint density at radius 2 is 2.05 bits per heavy atom. The maximum Gasteiger partial charge on any atom is 0.240 e. The molecule has 1 amide bonds. The molecule has 8 heteroatoms. The van der Waals surface area contributed by atoms with Crippen LogP contribution in [0.4, 0.5) is 0 Å². The van der Waals surface area contributed by atoms with E-state index in [1.54, 1.807) is 12.1 Å². The smallest absolute Gasteiger partial charge is 0.240 e. The Hall–Kier alpha value is -1.15. The van der Waals surface area contributed by atoms with E-state index in [1.165, 1.54) is 12.1 Å². The van der Waals surface area contributed by atoms with Gasteiger partial charge in [-0.2, -0.15) is 0 Å². The highest BCUT2D eigenvalue weighted by atomic mass is 35.5. The molecule has 1 aliphatic rings. The Bertz CT molecular complexity index is 627. The van der Waals surface area contributed by atoms with Crippen LogP contribution < -0.4 is 10.5 Å². The van der Waals surface area contributed by atoms with Crippen molar-refractivity contribution >= 4 is 27.5 Å². The second-order valence-electron chi connectivity index (χ2n) is 5.04. The summed E-state index contributed by atoms with van der Waals surface area (Å²) in [5, 5.41) is 0.327. The fraction of sp³-hybridized carbons (Fsp3) is 0.462. The van der Waals surface area contributed by atoms with Gasteiger partial charge < -0.3 is 10.5 Å². The molecule has 0 atom stereocenters. The number of carbonyl (C=O) groups is 1. The molecule has 1 aromatic carbocycles. The second kappa shape index (κ2) is 6.31. The van der Waals surface area contributed by atoms with E-state index in [4.69, 9.17) is 22.1 Å². The summed E-state index contributed by atoms with van der Waals surface area (Å²) in [6.07, 6.45) is 0.806. The number of benzene rings is 1. The van der Waals surface area contributed by atoms with Crippen LogP contribution in [0.3, 0.4) is 0 Å². The van der Waals surface area contributed by atoms with Crippen molar-refractivity contribution < 1.29 is 17.9 Å². The van der Waals surface area contributed by atoms with E-state index >= 15 is 0 Å². The van der Waals surface area contributed by atoms with Crippen molar-refractivity contribution in [3.8, 4) is 0 Å². The third-order valence-electron chi connectivity index (χ3n) is 3.68. The molecule has 1 fully saturated rings. The average Bonchev–Trinajstić information content (AvgIpc) is 2.46. The molecular weight excluding hydrogens is 316 g/mol. The quantitative estimate of drug-likeness (QED) is 0.837. The van der Waals surface area contributed by atoms with Crippen molar-refractivity contribution in [2.45, 2.75) is 17.7 Å². The lowest BCUT2D eigenvalue weighted by atomic mass is 9.80. The fourth-order valence-corrected chi connectivity index (χ4v) is 3.65. The van der Waals surface area contributed by atoms with Gasteiger partial charge in [0, 0.05) is 24.8 Å². The number of ether oxygens (including phenoxy) is 1. The zero-order valence-electron chi connectivity index (χ0n) is 11.3. The summed E-state index contributed by atoms with van der Waals surface area (Å²) in [5.41, 5.74) is 4.54. The van der Waals surface area contributed by atoms with Crippen molar-refractivity contribution in [1.82, 2.24) is 4.72 Å². The van der Waals surface area contributed by atoms with E-state index in [0.29, 0.717) is 31.1 Å². The first-order valence-corrected chi connectivity index (χ1v) is 8.35. The molecule has 0 unspecified atom stereocenters. The van der Waals surface area contributed by atoms with E-state index in [1.807, 2.05) is 0 Å². The zero-order valence-corrected chi connectivity index (χ0v) is 12.9. The van der Waals surface area contributed by atoms with Crippen LogP contribution in [0.2, 0.25) is 5.02 Å². The Morgan fingerprint density at radius 1 is 1.38 bits per heavy atom. The lowest BCUT2D eigenvalue weighted by molar-refractivity contribution is -0.132. The molecule has 1 heterocycles. The van der Waals surface area contributed by atoms with Gasteiger partial charge in [-0.1, -0.05) is 17.7 Å². The number of amides is 1. The third kappa shape index (κ3) is 3.74. The molecule has 116 valence electrons. The molecule has 0 spiro atoms. The number of halogens is 1. The Morgan fingerprint density at radius 3 is 2.62 bits per heavy atom. The number of primary amides is 1. The summed E-state index contributed by atoms with van der Waals surface area (Å²) in [6.45, 7) is 0.740. The van der Waals surface area contributed by atoms with Crippen LogP contribution in [-0.4, -0.2) is 34.1 Å². The summed E-state index contributed by atoms with van der Waals surface area (Å²) < 4.78 is 32.1. The van der Waals surface area contributed by atoms with Gasteiger partial charge in [-0.3, -0.25) is 4.79 Å². The van der Waals surface area contributed by atoms with E-state index in [2.05, 4.69) is 4.72 Å². The number of hydrogen-bond acceptors (Lipinski definition) is 4. The summed E-state index contributed by atoms with van der Waals surface area (Å²) in [6, 6.07) is 5.93. The lowest BCUT2D eigenvalue weighted by Gasteiger charge is -2.34. The van der Waals surface area contributed by atoms with Crippen molar-refractivity contribution in [3.05, 3.63) is 29.3 Å². The second-order valence-corrected chi connectivity index (χ2v) is 7.24. The van der Waals surface area contributed by atoms with Gasteiger partial charge in [0.15, 0.2) is 0 Å². The van der Waals surface area contributed by atoms with Crippen LogP contribution in [0.5, 0.6) is 0 Å². The zero-order chi connectivity index (χ0) is 15.5. The standard InChI is InChI=1S/C13H17ClN2O4S/c14-10-2-1-3-11(8-10)21(18,19)16-9-13(12(15)17)4-6-20-7-5-13/h1-3,8,16H,4-7,9H2,(H2,15,17). The molecule has 2 rings (SSSR count). The number of nitrogens with one attached hydrogen (secondary N) is 1. The van der Waals surface area contributed by atoms with Crippen LogP contribution >= 0.6 is 11.6 Å². The number of nitrogens with two attached hydrogens (primary N) is 1. The average molecular weight is 333 g/mol. The highest BCUT2D eigenvalue weighted by Crippen LogP contribution is 2.30. The predicted octanol–water partition coefficient (Wildman–Crippen LogP) is 0.900. The van der Waals surface area contributed by atoms with Gasteiger partial charge in [0.25, 0.3) is 0 Å². The van der Waals surface area contributed by atoms with Crippen LogP contribution in [0, 0.1) is 5.41 Å². The maximum absolute atomic E-state index is 12.2. The Balaban J connectivity index is 2.15. The van der Waals surface area contributed by atoms with Gasteiger partial charge in [-0.05, 0) is 31.0 Å². The molecule has 21 heavy (non-hydrogen) atoms. The van der Waals surface area contributed by atoms with Crippen molar-refractivity contribution in [3.63, 3.8) is 0 Å². The van der Waals surface area contributed by atoms with Crippen LogP contribution in [0.25, 0.3) is 0 Å². The van der Waals surface area contributed by atoms with Crippen LogP contribution in [-0.2, 0) is 19.6 Å². The predicted molar refractivity (Wildman–Crippen MR) is 78.3 cm³/mol. The van der Waals surface area contributed by atoms with E-state index < -0.39 is 21.3 Å².